The molecule has 1 rings (SSSR count). The van der Waals surface area contributed by atoms with E-state index in [-0.39, 0.29) is 5.69 Å². The molecule has 1 aromatic rings. The Labute approximate surface area is 105 Å². The summed E-state index contributed by atoms with van der Waals surface area (Å²) in [5, 5.41) is 0. The fraction of sp³-hybridized carbons (Fsp3) is 0.462. The van der Waals surface area contributed by atoms with Gasteiger partial charge in [-0.1, -0.05) is 0 Å². The van der Waals surface area contributed by atoms with Crippen LogP contribution in [0.1, 0.15) is 38.2 Å². The first-order valence-corrected chi connectivity index (χ1v) is 5.59. The van der Waals surface area contributed by atoms with Crippen LogP contribution in [0.5, 0.6) is 0 Å². The average Bonchev–Trinajstić information content (AvgIpc) is 2.26. The van der Waals surface area contributed by atoms with Crippen molar-refractivity contribution in [3.8, 4) is 0 Å². The van der Waals surface area contributed by atoms with Crippen LogP contribution in [0.25, 0.3) is 0 Å². The van der Waals surface area contributed by atoms with Crippen molar-refractivity contribution in [3.63, 3.8) is 0 Å². The molecule has 1 aromatic heterocycles. The van der Waals surface area contributed by atoms with E-state index in [0.29, 0.717) is 0 Å². The minimum atomic E-state index is -0.956. The Balaban J connectivity index is 2.78. The molecule has 0 fully saturated rings. The molecule has 0 bridgehead atoms. The molecule has 0 spiro atoms. The zero-order valence-electron chi connectivity index (χ0n) is 10.9. The summed E-state index contributed by atoms with van der Waals surface area (Å²) in [6.45, 7) is 6.61. The second-order valence-corrected chi connectivity index (χ2v) is 4.98. The van der Waals surface area contributed by atoms with Crippen LogP contribution in [-0.2, 0) is 9.53 Å². The van der Waals surface area contributed by atoms with Crippen molar-refractivity contribution in [1.82, 2.24) is 4.98 Å². The van der Waals surface area contributed by atoms with E-state index in [1.54, 1.807) is 20.8 Å². The van der Waals surface area contributed by atoms with Gasteiger partial charge in [0, 0.05) is 0 Å². The molecule has 0 N–H and O–H groups in total. The molecular formula is C13H16FNO3. The smallest absolute Gasteiger partial charge is 0.317 e. The third-order valence-corrected chi connectivity index (χ3v) is 2.13. The standard InChI is InChI=1S/C13H16FNO3/c1-8(12(17)18-13(2,3)4)11(16)10-6-5-9(14)7-15-10/h5-8H,1-4H3. The van der Waals surface area contributed by atoms with Gasteiger partial charge >= 0.3 is 5.97 Å². The number of ether oxygens (including phenoxy) is 1. The van der Waals surface area contributed by atoms with Gasteiger partial charge in [-0.3, -0.25) is 14.6 Å². The fourth-order valence-corrected chi connectivity index (χ4v) is 1.24. The van der Waals surface area contributed by atoms with Gasteiger partial charge in [0.25, 0.3) is 0 Å². The van der Waals surface area contributed by atoms with Gasteiger partial charge in [-0.25, -0.2) is 4.39 Å². The fourth-order valence-electron chi connectivity index (χ4n) is 1.24. The summed E-state index contributed by atoms with van der Waals surface area (Å²) in [5.41, 5.74) is -0.600. The highest BCUT2D eigenvalue weighted by Crippen LogP contribution is 2.14. The van der Waals surface area contributed by atoms with Gasteiger partial charge in [-0.15, -0.1) is 0 Å². The van der Waals surface area contributed by atoms with E-state index in [9.17, 15) is 14.0 Å². The molecular weight excluding hydrogens is 237 g/mol. The van der Waals surface area contributed by atoms with Crippen LogP contribution in [-0.4, -0.2) is 22.3 Å². The zero-order chi connectivity index (χ0) is 13.9. The molecule has 1 atom stereocenters. The summed E-state index contributed by atoms with van der Waals surface area (Å²) in [6.07, 6.45) is 0.940. The SMILES string of the molecule is CC(C(=O)OC(C)(C)C)C(=O)c1ccc(F)cn1. The van der Waals surface area contributed by atoms with Gasteiger partial charge in [-0.2, -0.15) is 0 Å². The molecule has 0 aliphatic carbocycles. The van der Waals surface area contributed by atoms with Crippen molar-refractivity contribution < 1.29 is 18.7 Å². The van der Waals surface area contributed by atoms with Gasteiger partial charge in [0.05, 0.1) is 6.20 Å². The second kappa shape index (κ2) is 5.25. The molecule has 0 aliphatic heterocycles. The van der Waals surface area contributed by atoms with Crippen LogP contribution < -0.4 is 0 Å². The number of esters is 1. The second-order valence-electron chi connectivity index (χ2n) is 4.98. The predicted molar refractivity (Wildman–Crippen MR) is 63.5 cm³/mol. The molecule has 18 heavy (non-hydrogen) atoms. The average molecular weight is 253 g/mol. The van der Waals surface area contributed by atoms with Crippen LogP contribution in [0.15, 0.2) is 18.3 Å². The lowest BCUT2D eigenvalue weighted by molar-refractivity contribution is -0.157. The normalized spacial score (nSPS) is 12.9. The summed E-state index contributed by atoms with van der Waals surface area (Å²) in [6, 6.07) is 2.38. The molecule has 0 radical (unpaired) electrons. The Kier molecular flexibility index (Phi) is 4.16. The third kappa shape index (κ3) is 3.91. The number of ketones is 1. The van der Waals surface area contributed by atoms with E-state index in [1.165, 1.54) is 13.0 Å². The molecule has 1 unspecified atom stereocenters. The van der Waals surface area contributed by atoms with E-state index in [4.69, 9.17) is 4.74 Å². The lowest BCUT2D eigenvalue weighted by atomic mass is 10.0. The molecule has 0 saturated carbocycles. The minimum Gasteiger partial charge on any atom is -0.459 e. The summed E-state index contributed by atoms with van der Waals surface area (Å²) >= 11 is 0. The van der Waals surface area contributed by atoms with Crippen LogP contribution in [0.4, 0.5) is 4.39 Å². The maximum atomic E-state index is 12.7. The molecule has 4 nitrogen and oxygen atoms in total. The Morgan fingerprint density at radius 2 is 1.94 bits per heavy atom. The van der Waals surface area contributed by atoms with E-state index in [1.807, 2.05) is 0 Å². The van der Waals surface area contributed by atoms with Crippen molar-refractivity contribution in [3.05, 3.63) is 29.8 Å². The molecule has 98 valence electrons. The van der Waals surface area contributed by atoms with Gasteiger partial charge in [0.15, 0.2) is 5.78 Å². The van der Waals surface area contributed by atoms with Crippen molar-refractivity contribution in [2.45, 2.75) is 33.3 Å². The quantitative estimate of drug-likeness (QED) is 0.471. The van der Waals surface area contributed by atoms with Gasteiger partial charge < -0.3 is 4.74 Å². The molecule has 5 heteroatoms. The summed E-state index contributed by atoms with van der Waals surface area (Å²) in [5.74, 6) is -2.58. The number of nitrogens with zero attached hydrogens (tertiary/aromatic N) is 1. The minimum absolute atomic E-state index is 0.0507. The lowest BCUT2D eigenvalue weighted by Gasteiger charge is -2.21. The maximum absolute atomic E-state index is 12.7. The van der Waals surface area contributed by atoms with Crippen LogP contribution in [0.3, 0.4) is 0 Å². The van der Waals surface area contributed by atoms with E-state index < -0.39 is 29.1 Å². The van der Waals surface area contributed by atoms with Crippen molar-refractivity contribution in [2.75, 3.05) is 0 Å². The number of halogens is 1. The van der Waals surface area contributed by atoms with Crippen LogP contribution in [0, 0.1) is 11.7 Å². The summed E-state index contributed by atoms with van der Waals surface area (Å²) < 4.78 is 17.8. The van der Waals surface area contributed by atoms with Crippen molar-refractivity contribution >= 4 is 11.8 Å². The monoisotopic (exact) mass is 253 g/mol. The van der Waals surface area contributed by atoms with Crippen molar-refractivity contribution in [2.24, 2.45) is 5.92 Å². The number of hydrogen-bond acceptors (Lipinski definition) is 4. The Bertz CT molecular complexity index is 448. The van der Waals surface area contributed by atoms with Gasteiger partial charge in [0.1, 0.15) is 23.0 Å². The zero-order valence-corrected chi connectivity index (χ0v) is 10.9. The Morgan fingerprint density at radius 1 is 1.33 bits per heavy atom. The summed E-state index contributed by atoms with van der Waals surface area (Å²) in [4.78, 5) is 27.2. The van der Waals surface area contributed by atoms with Crippen LogP contribution >= 0.6 is 0 Å². The molecule has 1 heterocycles. The maximum Gasteiger partial charge on any atom is 0.317 e. The molecule has 0 amide bonds. The largest absolute Gasteiger partial charge is 0.459 e. The molecule has 0 saturated heterocycles. The first-order valence-electron chi connectivity index (χ1n) is 5.59. The molecule has 0 aliphatic rings. The number of Topliss-reactive ketones (excluding diaryl/α,β-unsaturated/α-hetero) is 1. The number of hydrogen-bond donors (Lipinski definition) is 0. The van der Waals surface area contributed by atoms with E-state index in [0.717, 1.165) is 12.3 Å². The number of pyridine rings is 1. The number of rotatable bonds is 3. The molecule has 0 aromatic carbocycles. The number of carbonyl (C=O) groups is 2. The Morgan fingerprint density at radius 3 is 2.39 bits per heavy atom. The number of carbonyl (C=O) groups excluding carboxylic acids is 2. The van der Waals surface area contributed by atoms with Crippen molar-refractivity contribution in [1.29, 1.82) is 0 Å². The first kappa shape index (κ1) is 14.3. The van der Waals surface area contributed by atoms with E-state index in [2.05, 4.69) is 4.98 Å². The Hall–Kier alpha value is -1.78. The predicted octanol–water partition coefficient (Wildman–Crippen LogP) is 2.38. The number of aromatic nitrogens is 1. The highest BCUT2D eigenvalue weighted by atomic mass is 19.1. The van der Waals surface area contributed by atoms with Gasteiger partial charge in [0.2, 0.25) is 0 Å². The highest BCUT2D eigenvalue weighted by molar-refractivity contribution is 6.07. The van der Waals surface area contributed by atoms with E-state index >= 15 is 0 Å². The highest BCUT2D eigenvalue weighted by Gasteiger charge is 2.28. The topological polar surface area (TPSA) is 56.3 Å². The summed E-state index contributed by atoms with van der Waals surface area (Å²) in [7, 11) is 0. The lowest BCUT2D eigenvalue weighted by Crippen LogP contribution is -2.31. The third-order valence-electron chi connectivity index (χ3n) is 2.13. The van der Waals surface area contributed by atoms with Gasteiger partial charge in [-0.05, 0) is 39.8 Å². The first-order chi connectivity index (χ1) is 8.20. The van der Waals surface area contributed by atoms with Crippen LogP contribution in [0.2, 0.25) is 0 Å².